The number of hydrogen-bond donors (Lipinski definition) is 2. The number of hydrogen-bond acceptors (Lipinski definition) is 5. The summed E-state index contributed by atoms with van der Waals surface area (Å²) in [7, 11) is 0. The molecule has 0 amide bonds. The predicted octanol–water partition coefficient (Wildman–Crippen LogP) is 3.12. The van der Waals surface area contributed by atoms with Crippen LogP contribution in [0.15, 0.2) is 23.6 Å². The predicted molar refractivity (Wildman–Crippen MR) is 81.0 cm³/mol. The van der Waals surface area contributed by atoms with Crippen LogP contribution in [0.4, 0.5) is 0 Å². The fourth-order valence-electron chi connectivity index (χ4n) is 2.60. The van der Waals surface area contributed by atoms with Crippen molar-refractivity contribution < 1.29 is 4.74 Å². The molecular formula is C15H16N4OS. The number of ether oxygens (including phenoxy) is 1. The molecule has 0 aliphatic carbocycles. The van der Waals surface area contributed by atoms with Gasteiger partial charge in [-0.2, -0.15) is 5.26 Å². The molecule has 5 nitrogen and oxygen atoms in total. The number of thiophene rings is 1. The Bertz CT molecular complexity index is 763. The first-order chi connectivity index (χ1) is 10.0. The Morgan fingerprint density at radius 1 is 1.48 bits per heavy atom. The maximum absolute atomic E-state index is 9.50. The number of aromatic amines is 1. The quantitative estimate of drug-likeness (QED) is 0.892. The summed E-state index contributed by atoms with van der Waals surface area (Å²) in [5, 5.41) is 16.7. The lowest BCUT2D eigenvalue weighted by molar-refractivity contribution is 0.379. The number of aromatic nitrogens is 2. The number of nitrogens with two attached hydrogens (primary N) is 1. The van der Waals surface area contributed by atoms with E-state index in [0.29, 0.717) is 11.5 Å². The number of rotatable bonds is 2. The van der Waals surface area contributed by atoms with Gasteiger partial charge in [0.2, 0.25) is 11.8 Å². The summed E-state index contributed by atoms with van der Waals surface area (Å²) in [6, 6.07) is 6.30. The summed E-state index contributed by atoms with van der Waals surface area (Å²) in [5.74, 6) is 0.676. The average molecular weight is 300 g/mol. The molecule has 3 N–H and O–H groups in total. The molecule has 0 unspecified atom stereocenters. The van der Waals surface area contributed by atoms with Gasteiger partial charge in [-0.15, -0.1) is 16.4 Å². The highest BCUT2D eigenvalue weighted by Gasteiger charge is 2.36. The van der Waals surface area contributed by atoms with Crippen LogP contribution in [0.3, 0.4) is 0 Å². The third-order valence-corrected chi connectivity index (χ3v) is 4.66. The standard InChI is InChI=1S/C15H16N4OS/c1-7(2)13-12-11(10-5-4-8(3)21-10)9(6-16)14(17)20-15(12)19-18-13/h4-5,7,11H,17H2,1-3H3,(H,18,19)/t11-/m0/s1. The van der Waals surface area contributed by atoms with Gasteiger partial charge in [0, 0.05) is 15.4 Å². The van der Waals surface area contributed by atoms with E-state index in [-0.39, 0.29) is 17.7 Å². The van der Waals surface area contributed by atoms with Gasteiger partial charge in [0.15, 0.2) is 0 Å². The smallest absolute Gasteiger partial charge is 0.244 e. The molecule has 0 radical (unpaired) electrons. The first kappa shape index (κ1) is 13.7. The Balaban J connectivity index is 2.24. The molecule has 3 heterocycles. The molecule has 0 bridgehead atoms. The van der Waals surface area contributed by atoms with E-state index in [9.17, 15) is 5.26 Å². The molecule has 3 rings (SSSR count). The highest BCUT2D eigenvalue weighted by molar-refractivity contribution is 7.12. The SMILES string of the molecule is Cc1ccc([C@@H]2C(C#N)=C(N)Oc3n[nH]c(C(C)C)c32)s1. The van der Waals surface area contributed by atoms with Crippen LogP contribution in [-0.4, -0.2) is 10.2 Å². The van der Waals surface area contributed by atoms with Crippen molar-refractivity contribution in [1.29, 1.82) is 5.26 Å². The highest BCUT2D eigenvalue weighted by Crippen LogP contribution is 2.46. The van der Waals surface area contributed by atoms with Gasteiger partial charge >= 0.3 is 0 Å². The molecule has 1 aliphatic rings. The first-order valence-electron chi connectivity index (χ1n) is 6.75. The van der Waals surface area contributed by atoms with Crippen molar-refractivity contribution in [3.8, 4) is 11.9 Å². The van der Waals surface area contributed by atoms with Crippen molar-refractivity contribution >= 4 is 11.3 Å². The molecule has 0 saturated carbocycles. The van der Waals surface area contributed by atoms with Gasteiger partial charge in [-0.05, 0) is 25.0 Å². The molecular weight excluding hydrogens is 284 g/mol. The van der Waals surface area contributed by atoms with Crippen molar-refractivity contribution in [2.24, 2.45) is 5.73 Å². The van der Waals surface area contributed by atoms with E-state index in [4.69, 9.17) is 10.5 Å². The van der Waals surface area contributed by atoms with Crippen LogP contribution in [0, 0.1) is 18.3 Å². The lowest BCUT2D eigenvalue weighted by Gasteiger charge is -2.23. The van der Waals surface area contributed by atoms with Crippen molar-refractivity contribution in [1.82, 2.24) is 10.2 Å². The van der Waals surface area contributed by atoms with Crippen LogP contribution in [0.5, 0.6) is 5.88 Å². The van der Waals surface area contributed by atoms with Crippen LogP contribution in [0.2, 0.25) is 0 Å². The van der Waals surface area contributed by atoms with Crippen molar-refractivity contribution in [2.45, 2.75) is 32.6 Å². The minimum Gasteiger partial charge on any atom is -0.420 e. The number of nitriles is 1. The molecule has 108 valence electrons. The van der Waals surface area contributed by atoms with Gasteiger partial charge in [-0.3, -0.25) is 5.10 Å². The molecule has 2 aromatic heterocycles. The van der Waals surface area contributed by atoms with Gasteiger partial charge in [0.25, 0.3) is 0 Å². The van der Waals surface area contributed by atoms with E-state index in [1.54, 1.807) is 11.3 Å². The highest BCUT2D eigenvalue weighted by atomic mass is 32.1. The van der Waals surface area contributed by atoms with Crippen molar-refractivity contribution in [3.05, 3.63) is 44.6 Å². The minimum absolute atomic E-state index is 0.142. The number of H-pyrrole nitrogens is 1. The van der Waals surface area contributed by atoms with E-state index in [1.165, 1.54) is 4.88 Å². The largest absolute Gasteiger partial charge is 0.420 e. The van der Waals surface area contributed by atoms with E-state index in [0.717, 1.165) is 16.1 Å². The maximum atomic E-state index is 9.50. The van der Waals surface area contributed by atoms with Crippen molar-refractivity contribution in [3.63, 3.8) is 0 Å². The van der Waals surface area contributed by atoms with Gasteiger partial charge in [-0.1, -0.05) is 13.8 Å². The van der Waals surface area contributed by atoms with Crippen LogP contribution < -0.4 is 10.5 Å². The Labute approximate surface area is 127 Å². The lowest BCUT2D eigenvalue weighted by Crippen LogP contribution is -2.21. The molecule has 1 aliphatic heterocycles. The molecule has 1 atom stereocenters. The zero-order valence-corrected chi connectivity index (χ0v) is 12.9. The number of nitrogens with one attached hydrogen (secondary N) is 1. The zero-order chi connectivity index (χ0) is 15.1. The Morgan fingerprint density at radius 3 is 2.81 bits per heavy atom. The number of nitrogens with zero attached hydrogens (tertiary/aromatic N) is 2. The molecule has 0 saturated heterocycles. The molecule has 21 heavy (non-hydrogen) atoms. The van der Waals surface area contributed by atoms with Gasteiger partial charge in [-0.25, -0.2) is 0 Å². The number of allylic oxidation sites excluding steroid dienone is 1. The van der Waals surface area contributed by atoms with Gasteiger partial charge in [0.05, 0.1) is 11.5 Å². The summed E-state index contributed by atoms with van der Waals surface area (Å²) >= 11 is 1.66. The maximum Gasteiger partial charge on any atom is 0.244 e. The third kappa shape index (κ3) is 2.10. The minimum atomic E-state index is -0.200. The lowest BCUT2D eigenvalue weighted by atomic mass is 9.86. The Kier molecular flexibility index (Phi) is 3.22. The molecule has 0 fully saturated rings. The van der Waals surface area contributed by atoms with Crippen LogP contribution in [-0.2, 0) is 0 Å². The second-order valence-corrected chi connectivity index (χ2v) is 6.70. The van der Waals surface area contributed by atoms with Crippen LogP contribution in [0.25, 0.3) is 0 Å². The topological polar surface area (TPSA) is 87.7 Å². The summed E-state index contributed by atoms with van der Waals surface area (Å²) in [4.78, 5) is 2.28. The average Bonchev–Trinajstić information content (AvgIpc) is 3.03. The van der Waals surface area contributed by atoms with Crippen LogP contribution >= 0.6 is 11.3 Å². The molecule has 6 heteroatoms. The van der Waals surface area contributed by atoms with E-state index >= 15 is 0 Å². The number of aryl methyl sites for hydroxylation is 1. The summed E-state index contributed by atoms with van der Waals surface area (Å²) in [6.45, 7) is 6.21. The monoisotopic (exact) mass is 300 g/mol. The van der Waals surface area contributed by atoms with Crippen LogP contribution in [0.1, 0.15) is 46.7 Å². The van der Waals surface area contributed by atoms with E-state index in [1.807, 2.05) is 13.0 Å². The second kappa shape index (κ2) is 4.93. The zero-order valence-electron chi connectivity index (χ0n) is 12.1. The van der Waals surface area contributed by atoms with Gasteiger partial charge < -0.3 is 10.5 Å². The summed E-state index contributed by atoms with van der Waals surface area (Å²) in [5.41, 5.74) is 8.28. The van der Waals surface area contributed by atoms with E-state index in [2.05, 4.69) is 36.2 Å². The third-order valence-electron chi connectivity index (χ3n) is 3.59. The van der Waals surface area contributed by atoms with Gasteiger partial charge in [0.1, 0.15) is 11.6 Å². The van der Waals surface area contributed by atoms with E-state index < -0.39 is 0 Å². The van der Waals surface area contributed by atoms with Crippen molar-refractivity contribution in [2.75, 3.05) is 0 Å². The fraction of sp³-hybridized carbons (Fsp3) is 0.333. The Hall–Kier alpha value is -2.26. The molecule has 2 aromatic rings. The summed E-state index contributed by atoms with van der Waals surface area (Å²) < 4.78 is 5.52. The fourth-order valence-corrected chi connectivity index (χ4v) is 3.60. The number of fused-ring (bicyclic) bond motifs is 1. The summed E-state index contributed by atoms with van der Waals surface area (Å²) in [6.07, 6.45) is 0. The normalized spacial score (nSPS) is 17.6. The molecule has 0 aromatic carbocycles. The molecule has 0 spiro atoms. The first-order valence-corrected chi connectivity index (χ1v) is 7.56. The Morgan fingerprint density at radius 2 is 2.24 bits per heavy atom. The second-order valence-electron chi connectivity index (χ2n) is 5.38.